The quantitative estimate of drug-likeness (QED) is 0.326. The average Bonchev–Trinajstić information content (AvgIpc) is 3.31. The van der Waals surface area contributed by atoms with E-state index in [0.717, 1.165) is 42.1 Å². The number of esters is 2. The van der Waals surface area contributed by atoms with Gasteiger partial charge in [0.25, 0.3) is 0 Å². The third-order valence-electron chi connectivity index (χ3n) is 7.19. The van der Waals surface area contributed by atoms with E-state index in [-0.39, 0.29) is 19.3 Å². The summed E-state index contributed by atoms with van der Waals surface area (Å²) in [5, 5.41) is 3.11. The minimum atomic E-state index is -1.29. The van der Waals surface area contributed by atoms with Crippen molar-refractivity contribution in [2.45, 2.75) is 64.5 Å². The van der Waals surface area contributed by atoms with Crippen LogP contribution in [0.1, 0.15) is 63.4 Å². The number of carbonyl (C=O) groups excluding carboxylic acids is 3. The maximum Gasteiger partial charge on any atom is 0.340 e. The zero-order valence-electron chi connectivity index (χ0n) is 21.9. The Balaban J connectivity index is 1.92. The van der Waals surface area contributed by atoms with Crippen LogP contribution < -0.4 is 10.3 Å². The number of nitrogens with zero attached hydrogens (tertiary/aromatic N) is 2. The predicted octanol–water partition coefficient (Wildman–Crippen LogP) is 3.29. The molecule has 1 aliphatic carbocycles. The minimum absolute atomic E-state index is 0.102. The van der Waals surface area contributed by atoms with Gasteiger partial charge in [0.15, 0.2) is 0 Å². The summed E-state index contributed by atoms with van der Waals surface area (Å²) in [5.41, 5.74) is 8.35. The molecule has 0 radical (unpaired) electrons. The molecule has 0 saturated heterocycles. The average molecular weight is 497 g/mol. The smallest absolute Gasteiger partial charge is 0.340 e. The molecule has 0 amide bonds. The summed E-state index contributed by atoms with van der Waals surface area (Å²) >= 11 is 0. The van der Waals surface area contributed by atoms with Crippen molar-refractivity contribution in [1.29, 1.82) is 0 Å². The van der Waals surface area contributed by atoms with Crippen LogP contribution in [0.2, 0.25) is 0 Å². The molecular weight excluding hydrogens is 460 g/mol. The first-order chi connectivity index (χ1) is 17.1. The molecule has 4 rings (SSSR count). The maximum atomic E-state index is 12.9. The number of ether oxygens (including phenoxy) is 2. The van der Waals surface area contributed by atoms with Crippen molar-refractivity contribution in [3.63, 3.8) is 0 Å². The third kappa shape index (κ3) is 4.36. The SMILES string of the molecule is CCOC(=O)C(C(=O)OCC)N(C)c1cc2c3c([nH]c2cc1C(C)(C)C=O)C1C(=CNN1C)CCC3. The lowest BCUT2D eigenvalue weighted by Crippen LogP contribution is -2.47. The number of aryl methyl sites for hydroxylation is 1. The second-order valence-electron chi connectivity index (χ2n) is 10.0. The summed E-state index contributed by atoms with van der Waals surface area (Å²) in [7, 11) is 3.70. The first-order valence-electron chi connectivity index (χ1n) is 12.5. The van der Waals surface area contributed by atoms with E-state index in [4.69, 9.17) is 9.47 Å². The molecule has 2 N–H and O–H groups in total. The van der Waals surface area contributed by atoms with Gasteiger partial charge in [0, 0.05) is 48.0 Å². The summed E-state index contributed by atoms with van der Waals surface area (Å²) in [6, 6.07) is 2.78. The Bertz CT molecular complexity index is 1200. The second kappa shape index (κ2) is 9.97. The van der Waals surface area contributed by atoms with Crippen LogP contribution in [0, 0.1) is 0 Å². The molecule has 2 aliphatic rings. The molecule has 0 bridgehead atoms. The van der Waals surface area contributed by atoms with Gasteiger partial charge in [-0.25, -0.2) is 14.6 Å². The topological polar surface area (TPSA) is 104 Å². The number of carbonyl (C=O) groups is 3. The van der Waals surface area contributed by atoms with Crippen LogP contribution in [-0.4, -0.2) is 61.6 Å². The molecule has 194 valence electrons. The van der Waals surface area contributed by atoms with Gasteiger partial charge in [-0.1, -0.05) is 0 Å². The number of hydrogen-bond donors (Lipinski definition) is 2. The molecule has 9 nitrogen and oxygen atoms in total. The Morgan fingerprint density at radius 3 is 2.47 bits per heavy atom. The number of aromatic nitrogens is 1. The zero-order chi connectivity index (χ0) is 26.2. The highest BCUT2D eigenvalue weighted by molar-refractivity contribution is 6.03. The van der Waals surface area contributed by atoms with Gasteiger partial charge < -0.3 is 29.6 Å². The minimum Gasteiger partial charge on any atom is -0.464 e. The lowest BCUT2D eigenvalue weighted by atomic mass is 9.83. The van der Waals surface area contributed by atoms with Gasteiger partial charge >= 0.3 is 11.9 Å². The molecule has 2 aromatic rings. The highest BCUT2D eigenvalue weighted by Crippen LogP contribution is 2.43. The zero-order valence-corrected chi connectivity index (χ0v) is 21.9. The van der Waals surface area contributed by atoms with E-state index in [0.29, 0.717) is 11.3 Å². The molecule has 1 atom stereocenters. The molecular formula is C27H36N4O5. The predicted molar refractivity (Wildman–Crippen MR) is 138 cm³/mol. The molecule has 36 heavy (non-hydrogen) atoms. The Morgan fingerprint density at radius 2 is 1.86 bits per heavy atom. The van der Waals surface area contributed by atoms with Crippen LogP contribution in [0.5, 0.6) is 0 Å². The molecule has 1 aromatic carbocycles. The number of benzene rings is 1. The van der Waals surface area contributed by atoms with Gasteiger partial charge in [-0.3, -0.25) is 0 Å². The van der Waals surface area contributed by atoms with Crippen LogP contribution in [0.3, 0.4) is 0 Å². The third-order valence-corrected chi connectivity index (χ3v) is 7.19. The summed E-state index contributed by atoms with van der Waals surface area (Å²) in [4.78, 5) is 43.2. The van der Waals surface area contributed by atoms with Gasteiger partial charge in [0.1, 0.15) is 6.29 Å². The first kappa shape index (κ1) is 25.8. The Labute approximate surface area is 211 Å². The summed E-state index contributed by atoms with van der Waals surface area (Å²) in [6.45, 7) is 7.31. The van der Waals surface area contributed by atoms with E-state index in [2.05, 4.69) is 21.6 Å². The van der Waals surface area contributed by atoms with E-state index in [1.807, 2.05) is 33.0 Å². The highest BCUT2D eigenvalue weighted by atomic mass is 16.6. The van der Waals surface area contributed by atoms with E-state index in [1.54, 1.807) is 25.8 Å². The van der Waals surface area contributed by atoms with E-state index in [1.165, 1.54) is 11.1 Å². The van der Waals surface area contributed by atoms with E-state index in [9.17, 15) is 14.4 Å². The Morgan fingerprint density at radius 1 is 1.19 bits per heavy atom. The number of rotatable bonds is 8. The number of hydrogen-bond acceptors (Lipinski definition) is 8. The molecule has 0 saturated carbocycles. The van der Waals surface area contributed by atoms with Crippen LogP contribution in [0.15, 0.2) is 23.9 Å². The summed E-state index contributed by atoms with van der Waals surface area (Å²) < 4.78 is 10.5. The van der Waals surface area contributed by atoms with Crippen molar-refractivity contribution in [3.8, 4) is 0 Å². The van der Waals surface area contributed by atoms with Crippen LogP contribution in [0.25, 0.3) is 10.9 Å². The van der Waals surface area contributed by atoms with Crippen molar-refractivity contribution in [3.05, 3.63) is 40.7 Å². The van der Waals surface area contributed by atoms with Crippen LogP contribution >= 0.6 is 0 Å². The van der Waals surface area contributed by atoms with Gasteiger partial charge in [-0.05, 0) is 75.8 Å². The van der Waals surface area contributed by atoms with E-state index < -0.39 is 23.4 Å². The van der Waals surface area contributed by atoms with Crippen molar-refractivity contribution >= 4 is 34.8 Å². The Kier molecular flexibility index (Phi) is 7.13. The van der Waals surface area contributed by atoms with Gasteiger partial charge in [-0.15, -0.1) is 0 Å². The lowest BCUT2D eigenvalue weighted by Gasteiger charge is -2.32. The number of nitrogens with one attached hydrogen (secondary N) is 2. The lowest BCUT2D eigenvalue weighted by molar-refractivity contribution is -0.156. The van der Waals surface area contributed by atoms with Crippen molar-refractivity contribution in [1.82, 2.24) is 15.4 Å². The summed E-state index contributed by atoms with van der Waals surface area (Å²) in [6.07, 6.45) is 5.88. The van der Waals surface area contributed by atoms with Crippen molar-refractivity contribution in [2.24, 2.45) is 0 Å². The fourth-order valence-corrected chi connectivity index (χ4v) is 5.32. The molecule has 2 heterocycles. The largest absolute Gasteiger partial charge is 0.464 e. The second-order valence-corrected chi connectivity index (χ2v) is 10.0. The summed E-state index contributed by atoms with van der Waals surface area (Å²) in [5.74, 6) is -1.37. The molecule has 9 heteroatoms. The number of aldehydes is 1. The standard InChI is InChI=1S/C27H36N4O5/c1-7-35-25(33)24(26(34)36-8-2)30(5)21-12-18-17-11-9-10-16-14-28-31(6)23(16)22(17)29-20(18)13-19(21)27(3,4)15-32/h12-15,23-24,28-29H,7-11H2,1-6H3. The van der Waals surface area contributed by atoms with Crippen molar-refractivity contribution < 1.29 is 23.9 Å². The number of likely N-dealkylation sites (N-methyl/N-ethyl adjacent to an activating group) is 2. The van der Waals surface area contributed by atoms with Crippen molar-refractivity contribution in [2.75, 3.05) is 32.2 Å². The number of aromatic amines is 1. The van der Waals surface area contributed by atoms with Gasteiger partial charge in [-0.2, -0.15) is 0 Å². The normalized spacial score (nSPS) is 17.6. The van der Waals surface area contributed by atoms with Crippen LogP contribution in [-0.2, 0) is 35.7 Å². The number of hydrazine groups is 1. The monoisotopic (exact) mass is 496 g/mol. The number of H-pyrrole nitrogens is 1. The van der Waals surface area contributed by atoms with Crippen LogP contribution in [0.4, 0.5) is 5.69 Å². The van der Waals surface area contributed by atoms with Gasteiger partial charge in [0.2, 0.25) is 6.04 Å². The molecule has 1 aliphatic heterocycles. The molecule has 0 spiro atoms. The van der Waals surface area contributed by atoms with Gasteiger partial charge in [0.05, 0.1) is 19.3 Å². The van der Waals surface area contributed by atoms with E-state index >= 15 is 0 Å². The maximum absolute atomic E-state index is 12.9. The fourth-order valence-electron chi connectivity index (χ4n) is 5.32. The number of anilines is 1. The highest BCUT2D eigenvalue weighted by Gasteiger charge is 2.38. The Hall–Kier alpha value is -3.33. The number of fused-ring (bicyclic) bond motifs is 5. The molecule has 1 aromatic heterocycles. The first-order valence-corrected chi connectivity index (χ1v) is 12.5. The fraction of sp³-hybridized carbons (Fsp3) is 0.519. The molecule has 0 fully saturated rings. The molecule has 1 unspecified atom stereocenters.